The molecule has 149 valence electrons. The molecule has 0 aliphatic heterocycles. The Morgan fingerprint density at radius 3 is 1.93 bits per heavy atom. The van der Waals surface area contributed by atoms with Crippen molar-refractivity contribution in [3.05, 3.63) is 45.9 Å². The summed E-state index contributed by atoms with van der Waals surface area (Å²) in [5, 5.41) is 17.4. The number of aromatic carboxylic acids is 2. The van der Waals surface area contributed by atoms with Gasteiger partial charge in [0.2, 0.25) is 0 Å². The summed E-state index contributed by atoms with van der Waals surface area (Å²) in [6.07, 6.45) is 0. The fourth-order valence-corrected chi connectivity index (χ4v) is 2.17. The number of nitrogens with zero attached hydrogens (tertiary/aromatic N) is 1. The van der Waals surface area contributed by atoms with Crippen molar-refractivity contribution < 1.29 is 29.3 Å². The number of anilines is 2. The van der Waals surface area contributed by atoms with Gasteiger partial charge in [0.05, 0.1) is 31.0 Å². The molecule has 0 amide bonds. The summed E-state index contributed by atoms with van der Waals surface area (Å²) in [5.74, 6) is -1.18. The maximum atomic E-state index is 10.7. The average molecular weight is 471 g/mol. The van der Waals surface area contributed by atoms with Crippen molar-refractivity contribution in [1.82, 2.24) is 0 Å². The summed E-state index contributed by atoms with van der Waals surface area (Å²) in [6.45, 7) is 0. The van der Waals surface area contributed by atoms with E-state index in [1.54, 1.807) is 12.1 Å². The van der Waals surface area contributed by atoms with Crippen LogP contribution in [0, 0.1) is 0 Å². The minimum atomic E-state index is -1.07. The molecule has 0 aliphatic rings. The van der Waals surface area contributed by atoms with E-state index in [0.29, 0.717) is 16.0 Å². The van der Waals surface area contributed by atoms with E-state index in [4.69, 9.17) is 31.2 Å². The Balaban J connectivity index is 0.000000458. The minimum absolute atomic E-state index is 0.0335. The number of nitrogens with two attached hydrogens (primary N) is 2. The fraction of sp³-hybridized carbons (Fsp3) is 0.125. The molecule has 0 aromatic heterocycles. The first kappa shape index (κ1) is 25.3. The molecule has 6 N–H and O–H groups in total. The third kappa shape index (κ3) is 7.88. The van der Waals surface area contributed by atoms with Crippen LogP contribution in [0.2, 0.25) is 0 Å². The van der Waals surface area contributed by atoms with Crippen molar-refractivity contribution in [1.29, 1.82) is 0 Å². The van der Waals surface area contributed by atoms with Crippen LogP contribution < -0.4 is 20.9 Å². The van der Waals surface area contributed by atoms with Crippen molar-refractivity contribution in [2.75, 3.05) is 25.7 Å². The van der Waals surface area contributed by atoms with Crippen molar-refractivity contribution in [2.45, 2.75) is 0 Å². The van der Waals surface area contributed by atoms with E-state index in [1.807, 2.05) is 0 Å². The van der Waals surface area contributed by atoms with Crippen molar-refractivity contribution in [3.63, 3.8) is 0 Å². The molecule has 0 spiro atoms. The van der Waals surface area contributed by atoms with Gasteiger partial charge in [-0.2, -0.15) is 0 Å². The number of benzene rings is 2. The number of carbonyl (C=O) groups is 2. The van der Waals surface area contributed by atoms with Crippen LogP contribution in [-0.4, -0.2) is 44.0 Å². The molecule has 2 aromatic rings. The second-order valence-electron chi connectivity index (χ2n) is 4.75. The molecule has 1 radical (unpaired) electrons. The van der Waals surface area contributed by atoms with Crippen molar-refractivity contribution in [2.24, 2.45) is 4.30 Å². The van der Waals surface area contributed by atoms with Crippen LogP contribution in [0.1, 0.15) is 20.7 Å². The van der Waals surface area contributed by atoms with E-state index in [2.05, 4.69) is 40.7 Å². The molecular weight excluding hydrogens is 453 g/mol. The zero-order chi connectivity index (χ0) is 21.9. The monoisotopic (exact) mass is 470 g/mol. The Bertz CT molecular complexity index is 853. The topological polar surface area (TPSA) is 157 Å². The number of halogens is 1. The third-order valence-corrected chi connectivity index (χ3v) is 3.72. The number of hydrogen-bond donors (Lipinski definition) is 5. The number of carboxylic acids is 2. The number of carboxylic acid groups (broad SMARTS) is 2. The molecule has 0 atom stereocenters. The van der Waals surface area contributed by atoms with Gasteiger partial charge in [0.15, 0.2) is 0 Å². The van der Waals surface area contributed by atoms with Crippen LogP contribution in [0.15, 0.2) is 39.1 Å². The van der Waals surface area contributed by atoms with Gasteiger partial charge >= 0.3 is 36.7 Å². The zero-order valence-corrected chi connectivity index (χ0v) is 17.4. The Kier molecular flexibility index (Phi) is 11.4. The van der Waals surface area contributed by atoms with E-state index in [0.717, 1.165) is 0 Å². The van der Waals surface area contributed by atoms with E-state index >= 15 is 0 Å². The number of methoxy groups -OCH3 is 2. The van der Waals surface area contributed by atoms with E-state index in [-0.39, 0.29) is 22.5 Å². The van der Waals surface area contributed by atoms with Crippen LogP contribution in [0.5, 0.6) is 11.5 Å². The van der Waals surface area contributed by atoms with Gasteiger partial charge in [-0.1, -0.05) is 0 Å². The van der Waals surface area contributed by atoms with Gasteiger partial charge in [-0.05, 0) is 46.3 Å². The molecule has 0 fully saturated rings. The predicted molar refractivity (Wildman–Crippen MR) is 114 cm³/mol. The van der Waals surface area contributed by atoms with Crippen LogP contribution in [-0.2, 0) is 0 Å². The Labute approximate surface area is 176 Å². The van der Waals surface area contributed by atoms with Gasteiger partial charge in [-0.3, -0.25) is 0 Å². The molecule has 0 bridgehead atoms. The average Bonchev–Trinajstić information content (AvgIpc) is 2.65. The first-order valence-corrected chi connectivity index (χ1v) is 8.39. The molecule has 2 rings (SSSR count). The van der Waals surface area contributed by atoms with Crippen LogP contribution in [0.3, 0.4) is 0 Å². The second kappa shape index (κ2) is 12.6. The van der Waals surface area contributed by atoms with E-state index in [1.165, 1.54) is 32.4 Å². The molecule has 2 aromatic carbocycles. The molecule has 9 nitrogen and oxygen atoms in total. The van der Waals surface area contributed by atoms with Gasteiger partial charge in [0.1, 0.15) is 11.5 Å². The Morgan fingerprint density at radius 1 is 1.04 bits per heavy atom. The first-order chi connectivity index (χ1) is 13.1. The summed E-state index contributed by atoms with van der Waals surface area (Å²) < 4.78 is 12.9. The summed E-state index contributed by atoms with van der Waals surface area (Å²) in [6, 6.07) is 7.49. The van der Waals surface area contributed by atoms with E-state index < -0.39 is 11.9 Å². The van der Waals surface area contributed by atoms with Crippen LogP contribution in [0.25, 0.3) is 0 Å². The van der Waals surface area contributed by atoms with Gasteiger partial charge < -0.3 is 31.2 Å². The molecular formula is C16H18BBrN3O6S. The third-order valence-electron chi connectivity index (χ3n) is 3.06. The molecule has 0 saturated heterocycles. The summed E-state index contributed by atoms with van der Waals surface area (Å²) in [5.41, 5.74) is 11.5. The molecule has 28 heavy (non-hydrogen) atoms. The van der Waals surface area contributed by atoms with E-state index in [9.17, 15) is 9.59 Å². The predicted octanol–water partition coefficient (Wildman–Crippen LogP) is 2.90. The second-order valence-corrected chi connectivity index (χ2v) is 5.83. The quantitative estimate of drug-likeness (QED) is 0.259. The molecule has 0 unspecified atom stereocenters. The van der Waals surface area contributed by atoms with Crippen molar-refractivity contribution in [3.8, 4) is 11.5 Å². The van der Waals surface area contributed by atoms with Gasteiger partial charge in [-0.25, -0.2) is 9.59 Å². The fourth-order valence-electron chi connectivity index (χ4n) is 1.74. The molecule has 0 heterocycles. The number of ether oxygens (including phenoxy) is 2. The van der Waals surface area contributed by atoms with Crippen LogP contribution in [0.4, 0.5) is 11.4 Å². The van der Waals surface area contributed by atoms with Gasteiger partial charge in [0.25, 0.3) is 0 Å². The molecule has 0 saturated carbocycles. The summed E-state index contributed by atoms with van der Waals surface area (Å²) >= 11 is 6.33. The number of rotatable bonds is 4. The first-order valence-electron chi connectivity index (χ1n) is 7.20. The van der Waals surface area contributed by atoms with Crippen molar-refractivity contribution >= 4 is 59.7 Å². The molecule has 12 heteroatoms. The van der Waals surface area contributed by atoms with Gasteiger partial charge in [-0.15, -0.1) is 0 Å². The Morgan fingerprint density at radius 2 is 1.50 bits per heavy atom. The zero-order valence-electron chi connectivity index (χ0n) is 14.9. The van der Waals surface area contributed by atoms with Gasteiger partial charge in [0, 0.05) is 10.2 Å². The standard InChI is InChI=1S/C8H8BrNO3.C8H9NO3.BHNS/c1-13-4-2-5(8(11)12)7(10)6(9)3-4;1-12-5-2-3-7(9)6(4-5)8(10)11;1-2-3/h2-3H,10H2,1H3,(H,11,12);2-4H,9H2,1H3,(H,10,11);3H. The van der Waals surface area contributed by atoms with Crippen LogP contribution >= 0.6 is 28.7 Å². The number of hydrogen-bond acceptors (Lipinski definition) is 8. The summed E-state index contributed by atoms with van der Waals surface area (Å²) in [7, 11) is 7.27. The SMILES string of the molecule is COc1cc(Br)c(N)c(C(=O)O)c1.COc1ccc(N)c(C(=O)O)c1.[B]=NS. The number of nitrogen functional groups attached to an aromatic ring is 2. The normalized spacial score (nSPS) is 8.96. The summed E-state index contributed by atoms with van der Waals surface area (Å²) in [4.78, 5) is 21.2. The Hall–Kier alpha value is -2.73. The molecule has 0 aliphatic carbocycles. The maximum absolute atomic E-state index is 10.7. The number of thiol groups is 1.